The van der Waals surface area contributed by atoms with E-state index >= 15 is 0 Å². The van der Waals surface area contributed by atoms with Crippen LogP contribution in [0.1, 0.15) is 13.3 Å². The van der Waals surface area contributed by atoms with Gasteiger partial charge in [0.15, 0.2) is 0 Å². The molecule has 1 fully saturated rings. The maximum atomic E-state index is 3.40. The van der Waals surface area contributed by atoms with Crippen LogP contribution in [0.5, 0.6) is 0 Å². The van der Waals surface area contributed by atoms with E-state index in [-0.39, 0.29) is 0 Å². The molecule has 0 bridgehead atoms. The van der Waals surface area contributed by atoms with E-state index in [0.717, 1.165) is 11.8 Å². The summed E-state index contributed by atoms with van der Waals surface area (Å²) in [5.41, 5.74) is 0. The summed E-state index contributed by atoms with van der Waals surface area (Å²) in [6, 6.07) is 0. The van der Waals surface area contributed by atoms with Gasteiger partial charge in [-0.15, -0.1) is 0 Å². The van der Waals surface area contributed by atoms with Gasteiger partial charge in [-0.05, 0) is 43.4 Å². The molecule has 1 aliphatic rings. The molecule has 60 valence electrons. The summed E-state index contributed by atoms with van der Waals surface area (Å²) in [5, 5.41) is 3.40. The quantitative estimate of drug-likeness (QED) is 0.671. The van der Waals surface area contributed by atoms with Crippen LogP contribution in [-0.4, -0.2) is 25.1 Å². The molecular formula is C8H17NS. The molecule has 0 aromatic heterocycles. The van der Waals surface area contributed by atoms with Crippen molar-refractivity contribution in [2.45, 2.75) is 13.3 Å². The van der Waals surface area contributed by atoms with Crippen LogP contribution in [0, 0.1) is 11.8 Å². The molecule has 1 heterocycles. The summed E-state index contributed by atoms with van der Waals surface area (Å²) in [6.07, 6.45) is 3.58. The zero-order chi connectivity index (χ0) is 7.40. The highest BCUT2D eigenvalue weighted by atomic mass is 32.2. The lowest BCUT2D eigenvalue weighted by Gasteiger charge is -2.16. The van der Waals surface area contributed by atoms with Crippen LogP contribution < -0.4 is 5.32 Å². The van der Waals surface area contributed by atoms with E-state index in [2.05, 4.69) is 18.5 Å². The molecule has 2 heteroatoms. The fourth-order valence-electron chi connectivity index (χ4n) is 1.56. The van der Waals surface area contributed by atoms with Gasteiger partial charge in [-0.2, -0.15) is 11.8 Å². The van der Waals surface area contributed by atoms with Crippen molar-refractivity contribution in [3.63, 3.8) is 0 Å². The average Bonchev–Trinajstić information content (AvgIpc) is 2.38. The van der Waals surface area contributed by atoms with Crippen molar-refractivity contribution in [3.8, 4) is 0 Å². The molecule has 0 amide bonds. The summed E-state index contributed by atoms with van der Waals surface area (Å²) >= 11 is 1.97. The third kappa shape index (κ3) is 2.17. The van der Waals surface area contributed by atoms with Crippen molar-refractivity contribution >= 4 is 11.8 Å². The Bertz CT molecular complexity index is 89.3. The Labute approximate surface area is 68.0 Å². The second-order valence-corrected chi connectivity index (χ2v) is 4.10. The SMILES string of the molecule is CSCC(C)[C@@H]1CCNC1. The molecule has 0 radical (unpaired) electrons. The van der Waals surface area contributed by atoms with Gasteiger partial charge in [0.1, 0.15) is 0 Å². The van der Waals surface area contributed by atoms with E-state index in [1.165, 1.54) is 25.3 Å². The Morgan fingerprint density at radius 2 is 2.50 bits per heavy atom. The predicted octanol–water partition coefficient (Wildman–Crippen LogP) is 1.59. The van der Waals surface area contributed by atoms with E-state index in [9.17, 15) is 0 Å². The Morgan fingerprint density at radius 3 is 3.00 bits per heavy atom. The molecule has 1 N–H and O–H groups in total. The smallest absolute Gasteiger partial charge is 0.00172 e. The van der Waals surface area contributed by atoms with Gasteiger partial charge in [-0.3, -0.25) is 0 Å². The van der Waals surface area contributed by atoms with E-state index in [4.69, 9.17) is 0 Å². The molecule has 2 atom stereocenters. The van der Waals surface area contributed by atoms with Crippen molar-refractivity contribution in [2.75, 3.05) is 25.1 Å². The molecule has 1 aliphatic heterocycles. The topological polar surface area (TPSA) is 12.0 Å². The van der Waals surface area contributed by atoms with Crippen LogP contribution in [0.15, 0.2) is 0 Å². The van der Waals surface area contributed by atoms with Crippen molar-refractivity contribution in [2.24, 2.45) is 11.8 Å². The molecule has 1 saturated heterocycles. The van der Waals surface area contributed by atoms with Crippen molar-refractivity contribution < 1.29 is 0 Å². The largest absolute Gasteiger partial charge is 0.316 e. The summed E-state index contributed by atoms with van der Waals surface area (Å²) < 4.78 is 0. The Kier molecular flexibility index (Phi) is 3.57. The fourth-order valence-corrected chi connectivity index (χ4v) is 2.36. The number of thioether (sulfide) groups is 1. The minimum atomic E-state index is 0.907. The lowest BCUT2D eigenvalue weighted by Crippen LogP contribution is -2.17. The van der Waals surface area contributed by atoms with Gasteiger partial charge < -0.3 is 5.32 Å². The molecule has 1 rings (SSSR count). The summed E-state index contributed by atoms with van der Waals surface area (Å²) in [7, 11) is 0. The molecule has 0 aliphatic carbocycles. The first-order chi connectivity index (χ1) is 4.84. The maximum absolute atomic E-state index is 3.40. The van der Waals surface area contributed by atoms with Crippen LogP contribution in [0.3, 0.4) is 0 Å². The van der Waals surface area contributed by atoms with Crippen molar-refractivity contribution in [3.05, 3.63) is 0 Å². The van der Waals surface area contributed by atoms with Gasteiger partial charge in [-0.1, -0.05) is 6.92 Å². The monoisotopic (exact) mass is 159 g/mol. The highest BCUT2D eigenvalue weighted by molar-refractivity contribution is 7.98. The van der Waals surface area contributed by atoms with Gasteiger partial charge in [-0.25, -0.2) is 0 Å². The first-order valence-electron chi connectivity index (χ1n) is 4.04. The zero-order valence-electron chi connectivity index (χ0n) is 6.89. The van der Waals surface area contributed by atoms with Crippen LogP contribution >= 0.6 is 11.8 Å². The number of hydrogen-bond acceptors (Lipinski definition) is 2. The molecule has 10 heavy (non-hydrogen) atoms. The van der Waals surface area contributed by atoms with Gasteiger partial charge >= 0.3 is 0 Å². The van der Waals surface area contributed by atoms with Gasteiger partial charge in [0.25, 0.3) is 0 Å². The molecule has 0 saturated carbocycles. The predicted molar refractivity (Wildman–Crippen MR) is 48.5 cm³/mol. The van der Waals surface area contributed by atoms with Gasteiger partial charge in [0.05, 0.1) is 0 Å². The average molecular weight is 159 g/mol. The second-order valence-electron chi connectivity index (χ2n) is 3.19. The van der Waals surface area contributed by atoms with Gasteiger partial charge in [0, 0.05) is 0 Å². The third-order valence-electron chi connectivity index (χ3n) is 2.33. The summed E-state index contributed by atoms with van der Waals surface area (Å²) in [6.45, 7) is 4.86. The Hall–Kier alpha value is 0.310. The van der Waals surface area contributed by atoms with Crippen LogP contribution in [0.4, 0.5) is 0 Å². The first-order valence-corrected chi connectivity index (χ1v) is 5.43. The van der Waals surface area contributed by atoms with E-state index in [1.807, 2.05) is 11.8 Å². The lowest BCUT2D eigenvalue weighted by molar-refractivity contribution is 0.426. The minimum absolute atomic E-state index is 0.907. The minimum Gasteiger partial charge on any atom is -0.316 e. The van der Waals surface area contributed by atoms with Crippen LogP contribution in [0.2, 0.25) is 0 Å². The number of hydrogen-bond donors (Lipinski definition) is 1. The van der Waals surface area contributed by atoms with Crippen molar-refractivity contribution in [1.29, 1.82) is 0 Å². The normalized spacial score (nSPS) is 28.8. The first kappa shape index (κ1) is 8.41. The summed E-state index contributed by atoms with van der Waals surface area (Å²) in [5.74, 6) is 3.18. The van der Waals surface area contributed by atoms with E-state index < -0.39 is 0 Å². The second kappa shape index (κ2) is 4.24. The molecule has 0 aromatic carbocycles. The zero-order valence-corrected chi connectivity index (χ0v) is 7.71. The van der Waals surface area contributed by atoms with Gasteiger partial charge in [0.2, 0.25) is 0 Å². The fraction of sp³-hybridized carbons (Fsp3) is 1.00. The van der Waals surface area contributed by atoms with Crippen LogP contribution in [-0.2, 0) is 0 Å². The highest BCUT2D eigenvalue weighted by Gasteiger charge is 2.20. The standard InChI is InChI=1S/C8H17NS/c1-7(6-10-2)8-3-4-9-5-8/h7-9H,3-6H2,1-2H3/t7?,8-/m1/s1. The molecule has 1 unspecified atom stereocenters. The Balaban J connectivity index is 2.18. The number of nitrogens with one attached hydrogen (secondary N) is 1. The maximum Gasteiger partial charge on any atom is -0.00172 e. The van der Waals surface area contributed by atoms with Crippen molar-refractivity contribution in [1.82, 2.24) is 5.32 Å². The summed E-state index contributed by atoms with van der Waals surface area (Å²) in [4.78, 5) is 0. The van der Waals surface area contributed by atoms with Crippen LogP contribution in [0.25, 0.3) is 0 Å². The third-order valence-corrected chi connectivity index (χ3v) is 3.19. The van der Waals surface area contributed by atoms with E-state index in [0.29, 0.717) is 0 Å². The van der Waals surface area contributed by atoms with E-state index in [1.54, 1.807) is 0 Å². The molecule has 0 spiro atoms. The highest BCUT2D eigenvalue weighted by Crippen LogP contribution is 2.21. The molecular weight excluding hydrogens is 142 g/mol. The lowest BCUT2D eigenvalue weighted by atomic mass is 9.95. The Morgan fingerprint density at radius 1 is 1.70 bits per heavy atom. The molecule has 0 aromatic rings. The number of rotatable bonds is 3. The molecule has 1 nitrogen and oxygen atoms in total.